The molecule has 22 heavy (non-hydrogen) atoms. The van der Waals surface area contributed by atoms with E-state index in [0.717, 1.165) is 17.8 Å². The van der Waals surface area contributed by atoms with Gasteiger partial charge in [0.05, 0.1) is 0 Å². The molecule has 4 atom stereocenters. The summed E-state index contributed by atoms with van der Waals surface area (Å²) < 4.78 is 0. The highest BCUT2D eigenvalue weighted by Crippen LogP contribution is 2.60. The van der Waals surface area contributed by atoms with E-state index in [9.17, 15) is 0 Å². The number of rotatable bonds is 0. The second-order valence-electron chi connectivity index (χ2n) is 8.24. The van der Waals surface area contributed by atoms with Crippen LogP contribution in [0.15, 0.2) is 12.1 Å². The van der Waals surface area contributed by atoms with E-state index in [-0.39, 0.29) is 0 Å². The number of fused-ring (bicyclic) bond motifs is 5. The molecule has 0 nitrogen and oxygen atoms in total. The molecule has 1 aromatic rings. The van der Waals surface area contributed by atoms with Crippen LogP contribution in [0.25, 0.3) is 0 Å². The van der Waals surface area contributed by atoms with Crippen molar-refractivity contribution < 1.29 is 0 Å². The molecule has 116 valence electrons. The summed E-state index contributed by atoms with van der Waals surface area (Å²) in [6.07, 6.45) is 10.0. The van der Waals surface area contributed by atoms with Gasteiger partial charge in [0, 0.05) is 5.56 Å². The normalized spacial score (nSPS) is 35.9. The lowest BCUT2D eigenvalue weighted by Crippen LogP contribution is -2.39. The Kier molecular flexibility index (Phi) is 3.37. The fourth-order valence-corrected chi connectivity index (χ4v) is 6.01. The van der Waals surface area contributed by atoms with Gasteiger partial charge in [-0.3, -0.25) is 0 Å². The third-order valence-corrected chi connectivity index (χ3v) is 7.11. The van der Waals surface area contributed by atoms with Crippen molar-refractivity contribution >= 4 is 0 Å². The summed E-state index contributed by atoms with van der Waals surface area (Å²) in [5, 5.41) is 0. The molecule has 2 saturated carbocycles. The molecular formula is C22H28. The minimum atomic E-state index is 0.662. The third-order valence-electron chi connectivity index (χ3n) is 7.11. The van der Waals surface area contributed by atoms with Gasteiger partial charge in [-0.1, -0.05) is 25.3 Å². The molecule has 3 aliphatic carbocycles. The number of hydrogen-bond donors (Lipinski definition) is 0. The van der Waals surface area contributed by atoms with E-state index < -0.39 is 0 Å². The Morgan fingerprint density at radius 3 is 2.82 bits per heavy atom. The molecule has 0 spiro atoms. The van der Waals surface area contributed by atoms with Crippen molar-refractivity contribution in [2.45, 2.75) is 71.6 Å². The molecule has 3 unspecified atom stereocenters. The summed E-state index contributed by atoms with van der Waals surface area (Å²) in [4.78, 5) is 0. The van der Waals surface area contributed by atoms with Crippen LogP contribution in [0.4, 0.5) is 0 Å². The average molecular weight is 292 g/mol. The number of aryl methyl sites for hydroxylation is 2. The van der Waals surface area contributed by atoms with Crippen molar-refractivity contribution in [2.24, 2.45) is 17.3 Å². The van der Waals surface area contributed by atoms with Crippen LogP contribution in [-0.4, -0.2) is 0 Å². The molecule has 0 saturated heterocycles. The summed E-state index contributed by atoms with van der Waals surface area (Å²) in [5.41, 5.74) is 6.58. The molecule has 1 aromatic carbocycles. The van der Waals surface area contributed by atoms with Gasteiger partial charge in [0.1, 0.15) is 0 Å². The highest BCUT2D eigenvalue weighted by atomic mass is 14.5. The van der Waals surface area contributed by atoms with E-state index in [1.165, 1.54) is 56.1 Å². The van der Waals surface area contributed by atoms with Gasteiger partial charge in [-0.2, -0.15) is 0 Å². The molecule has 0 amide bonds. The van der Waals surface area contributed by atoms with Crippen LogP contribution in [0.5, 0.6) is 0 Å². The standard InChI is InChI=1S/C22H28/c1-4-6-16-14-20-17(13-15(16)2)8-9-19-18(20)10-12-22(3)11-5-7-21(19)22/h13-14,18-19,21H,5,7-12H2,1-3H3/t18?,19?,21?,22-/m0/s1. The van der Waals surface area contributed by atoms with Gasteiger partial charge in [-0.15, -0.1) is 5.92 Å². The Hall–Kier alpha value is -1.22. The molecule has 4 rings (SSSR count). The number of hydrogen-bond acceptors (Lipinski definition) is 0. The summed E-state index contributed by atoms with van der Waals surface area (Å²) in [6, 6.07) is 4.89. The van der Waals surface area contributed by atoms with Crippen LogP contribution in [0.3, 0.4) is 0 Å². The van der Waals surface area contributed by atoms with Crippen LogP contribution in [-0.2, 0) is 6.42 Å². The van der Waals surface area contributed by atoms with Gasteiger partial charge in [0.15, 0.2) is 0 Å². The minimum absolute atomic E-state index is 0.662. The monoisotopic (exact) mass is 292 g/mol. The van der Waals surface area contributed by atoms with Gasteiger partial charge >= 0.3 is 0 Å². The average Bonchev–Trinajstić information content (AvgIpc) is 2.90. The molecule has 2 fully saturated rings. The quantitative estimate of drug-likeness (QED) is 0.545. The van der Waals surface area contributed by atoms with Crippen LogP contribution >= 0.6 is 0 Å². The molecule has 3 aliphatic rings. The lowest BCUT2D eigenvalue weighted by atomic mass is 9.56. The van der Waals surface area contributed by atoms with Crippen LogP contribution in [0.1, 0.15) is 80.5 Å². The van der Waals surface area contributed by atoms with Crippen molar-refractivity contribution in [2.75, 3.05) is 0 Å². The molecule has 0 N–H and O–H groups in total. The SMILES string of the molecule is CC#Cc1cc2c(cc1C)CCC1C2CC[C@]2(C)CCCC12. The highest BCUT2D eigenvalue weighted by Gasteiger charge is 2.50. The van der Waals surface area contributed by atoms with E-state index in [2.05, 4.69) is 37.8 Å². The van der Waals surface area contributed by atoms with Crippen molar-refractivity contribution in [3.8, 4) is 11.8 Å². The summed E-state index contributed by atoms with van der Waals surface area (Å²) in [7, 11) is 0. The van der Waals surface area contributed by atoms with Crippen molar-refractivity contribution in [3.63, 3.8) is 0 Å². The smallest absolute Gasteiger partial charge is 0.0277 e. The van der Waals surface area contributed by atoms with Crippen LogP contribution in [0.2, 0.25) is 0 Å². The maximum absolute atomic E-state index is 3.33. The van der Waals surface area contributed by atoms with E-state index in [4.69, 9.17) is 0 Å². The fourth-order valence-electron chi connectivity index (χ4n) is 6.01. The zero-order valence-corrected chi connectivity index (χ0v) is 14.3. The van der Waals surface area contributed by atoms with Gasteiger partial charge < -0.3 is 0 Å². The van der Waals surface area contributed by atoms with Crippen molar-refractivity contribution in [1.29, 1.82) is 0 Å². The second kappa shape index (κ2) is 5.16. The van der Waals surface area contributed by atoms with Crippen LogP contribution in [0, 0.1) is 36.0 Å². The van der Waals surface area contributed by atoms with Crippen molar-refractivity contribution in [1.82, 2.24) is 0 Å². The Morgan fingerprint density at radius 1 is 1.14 bits per heavy atom. The maximum atomic E-state index is 3.33. The van der Waals surface area contributed by atoms with Gasteiger partial charge in [0.2, 0.25) is 0 Å². The first-order chi connectivity index (χ1) is 10.6. The lowest BCUT2D eigenvalue weighted by molar-refractivity contribution is 0.0598. The Morgan fingerprint density at radius 2 is 2.00 bits per heavy atom. The lowest BCUT2D eigenvalue weighted by Gasteiger charge is -2.49. The van der Waals surface area contributed by atoms with Crippen LogP contribution < -0.4 is 0 Å². The van der Waals surface area contributed by atoms with Gasteiger partial charge in [-0.25, -0.2) is 0 Å². The Balaban J connectivity index is 1.75. The predicted molar refractivity (Wildman–Crippen MR) is 93.0 cm³/mol. The van der Waals surface area contributed by atoms with E-state index in [1.54, 1.807) is 11.1 Å². The predicted octanol–water partition coefficient (Wildman–Crippen LogP) is 5.61. The van der Waals surface area contributed by atoms with Crippen molar-refractivity contribution in [3.05, 3.63) is 34.4 Å². The topological polar surface area (TPSA) is 0 Å². The molecule has 0 heteroatoms. The zero-order valence-electron chi connectivity index (χ0n) is 14.3. The fraction of sp³-hybridized carbons (Fsp3) is 0.636. The molecular weight excluding hydrogens is 264 g/mol. The number of benzene rings is 1. The largest absolute Gasteiger partial charge is 0.101 e. The molecule has 0 aromatic heterocycles. The maximum Gasteiger partial charge on any atom is 0.0277 e. The van der Waals surface area contributed by atoms with E-state index >= 15 is 0 Å². The molecule has 0 aliphatic heterocycles. The first-order valence-electron chi connectivity index (χ1n) is 9.18. The van der Waals surface area contributed by atoms with Gasteiger partial charge in [-0.05, 0) is 98.3 Å². The zero-order chi connectivity index (χ0) is 15.3. The first-order valence-corrected chi connectivity index (χ1v) is 9.18. The highest BCUT2D eigenvalue weighted by molar-refractivity contribution is 5.49. The van der Waals surface area contributed by atoms with Gasteiger partial charge in [0.25, 0.3) is 0 Å². The second-order valence-corrected chi connectivity index (χ2v) is 8.24. The first kappa shape index (κ1) is 14.4. The summed E-state index contributed by atoms with van der Waals surface area (Å²) in [6.45, 7) is 6.76. The third kappa shape index (κ3) is 2.05. The molecule has 0 radical (unpaired) electrons. The molecule has 0 bridgehead atoms. The van der Waals surface area contributed by atoms with E-state index in [1.807, 2.05) is 6.92 Å². The summed E-state index contributed by atoms with van der Waals surface area (Å²) in [5.74, 6) is 9.17. The minimum Gasteiger partial charge on any atom is -0.101 e. The Bertz CT molecular complexity index is 657. The molecule has 0 heterocycles. The Labute approximate surface area is 135 Å². The summed E-state index contributed by atoms with van der Waals surface area (Å²) >= 11 is 0. The van der Waals surface area contributed by atoms with E-state index in [0.29, 0.717) is 5.41 Å².